The topological polar surface area (TPSA) is 96.9 Å². The third-order valence-electron chi connectivity index (χ3n) is 5.95. The first-order valence-corrected chi connectivity index (χ1v) is 10.2. The summed E-state index contributed by atoms with van der Waals surface area (Å²) in [6.45, 7) is 0.103. The Hall–Kier alpha value is -3.14. The van der Waals surface area contributed by atoms with Crippen molar-refractivity contribution >= 4 is 5.91 Å². The van der Waals surface area contributed by atoms with E-state index in [2.05, 4.69) is 11.4 Å². The Morgan fingerprint density at radius 2 is 1.97 bits per heavy atom. The minimum absolute atomic E-state index is 0.0117. The largest absolute Gasteiger partial charge is 0.348 e. The fraction of sp³-hybridized carbons (Fsp3) is 0.455. The maximum Gasteiger partial charge on any atom is 0.331 e. The molecule has 2 aromatic rings. The van der Waals surface area contributed by atoms with E-state index in [0.29, 0.717) is 18.7 Å². The summed E-state index contributed by atoms with van der Waals surface area (Å²) < 4.78 is 2.42. The molecule has 1 atom stereocenters. The van der Waals surface area contributed by atoms with Gasteiger partial charge in [0.15, 0.2) is 0 Å². The molecular weight excluding hydrogens is 368 g/mol. The predicted molar refractivity (Wildman–Crippen MR) is 107 cm³/mol. The molecule has 1 amide bonds. The van der Waals surface area contributed by atoms with Crippen molar-refractivity contribution in [2.75, 3.05) is 0 Å². The predicted octanol–water partition coefficient (Wildman–Crippen LogP) is 1.80. The Balaban J connectivity index is 1.63. The van der Waals surface area contributed by atoms with Crippen LogP contribution < -0.4 is 16.6 Å². The summed E-state index contributed by atoms with van der Waals surface area (Å²) in [4.78, 5) is 38.4. The number of nitrogens with zero attached hydrogens (tertiary/aromatic N) is 3. The van der Waals surface area contributed by atoms with Crippen molar-refractivity contribution in [3.63, 3.8) is 0 Å². The molecule has 1 aromatic carbocycles. The Kier molecular flexibility index (Phi) is 5.34. The second kappa shape index (κ2) is 8.08. The molecule has 7 heteroatoms. The van der Waals surface area contributed by atoms with Gasteiger partial charge in [0, 0.05) is 12.2 Å². The van der Waals surface area contributed by atoms with Gasteiger partial charge in [-0.15, -0.1) is 0 Å². The molecule has 1 aliphatic heterocycles. The Morgan fingerprint density at radius 3 is 2.79 bits per heavy atom. The second-order valence-corrected chi connectivity index (χ2v) is 7.78. The zero-order valence-corrected chi connectivity index (χ0v) is 16.3. The molecule has 1 aromatic heterocycles. The number of benzene rings is 1. The summed E-state index contributed by atoms with van der Waals surface area (Å²) in [5.41, 5.74) is 1.66. The fourth-order valence-corrected chi connectivity index (χ4v) is 4.51. The first-order chi connectivity index (χ1) is 14.1. The smallest absolute Gasteiger partial charge is 0.331 e. The quantitative estimate of drug-likeness (QED) is 0.861. The van der Waals surface area contributed by atoms with Crippen molar-refractivity contribution in [2.45, 2.75) is 64.1 Å². The van der Waals surface area contributed by atoms with E-state index in [9.17, 15) is 19.6 Å². The number of amides is 1. The summed E-state index contributed by atoms with van der Waals surface area (Å²) in [6.07, 6.45) is 5.94. The average molecular weight is 392 g/mol. The molecule has 0 bridgehead atoms. The van der Waals surface area contributed by atoms with Crippen LogP contribution in [-0.2, 0) is 30.7 Å². The van der Waals surface area contributed by atoms with Crippen LogP contribution in [0, 0.1) is 11.3 Å². The fourth-order valence-electron chi connectivity index (χ4n) is 4.51. The maximum atomic E-state index is 12.9. The number of hydrogen-bond acceptors (Lipinski definition) is 4. The van der Waals surface area contributed by atoms with E-state index in [1.807, 2.05) is 24.3 Å². The van der Waals surface area contributed by atoms with Gasteiger partial charge in [-0.2, -0.15) is 5.26 Å². The van der Waals surface area contributed by atoms with Crippen LogP contribution in [0.4, 0.5) is 0 Å². The van der Waals surface area contributed by atoms with Crippen LogP contribution in [0.3, 0.4) is 0 Å². The van der Waals surface area contributed by atoms with Gasteiger partial charge in [-0.3, -0.25) is 14.2 Å². The number of fused-ring (bicyclic) bond motifs is 2. The third kappa shape index (κ3) is 3.63. The van der Waals surface area contributed by atoms with E-state index < -0.39 is 11.2 Å². The van der Waals surface area contributed by atoms with Crippen LogP contribution in [0.15, 0.2) is 33.9 Å². The molecule has 1 aliphatic carbocycles. The van der Waals surface area contributed by atoms with Crippen molar-refractivity contribution in [1.82, 2.24) is 14.5 Å². The highest BCUT2D eigenvalue weighted by Crippen LogP contribution is 2.29. The summed E-state index contributed by atoms with van der Waals surface area (Å²) in [5.74, 6) is -0.385. The molecular formula is C22H24N4O3. The standard InChI is InChI=1S/C22H24N4O3/c23-13-17-19-11-2-1-5-12-25(19)22(29)26(21(17)28)14-20(27)24-18-10-6-8-15-7-3-4-9-16(15)18/h3-4,7,9,18H,1-2,5-6,8,10-12,14H2,(H,24,27). The molecule has 0 saturated carbocycles. The molecule has 0 saturated heterocycles. The summed E-state index contributed by atoms with van der Waals surface area (Å²) in [5, 5.41) is 12.5. The maximum absolute atomic E-state index is 12.9. The van der Waals surface area contributed by atoms with Crippen molar-refractivity contribution in [1.29, 1.82) is 5.26 Å². The first kappa shape index (κ1) is 19.2. The van der Waals surface area contributed by atoms with Gasteiger partial charge < -0.3 is 5.32 Å². The normalized spacial score (nSPS) is 18.1. The van der Waals surface area contributed by atoms with E-state index in [1.165, 1.54) is 10.1 Å². The van der Waals surface area contributed by atoms with Gasteiger partial charge in [-0.25, -0.2) is 9.36 Å². The Labute approximate surface area is 168 Å². The van der Waals surface area contributed by atoms with Gasteiger partial charge in [0.1, 0.15) is 18.2 Å². The molecule has 4 rings (SSSR count). The summed E-state index contributed by atoms with van der Waals surface area (Å²) in [7, 11) is 0. The van der Waals surface area contributed by atoms with Crippen molar-refractivity contribution in [3.8, 4) is 6.07 Å². The molecule has 0 radical (unpaired) electrons. The van der Waals surface area contributed by atoms with Gasteiger partial charge in [0.25, 0.3) is 5.56 Å². The number of carbonyl (C=O) groups excluding carboxylic acids is 1. The molecule has 2 heterocycles. The number of aryl methyl sites for hydroxylation is 1. The van der Waals surface area contributed by atoms with Crippen LogP contribution in [0.25, 0.3) is 0 Å². The highest BCUT2D eigenvalue weighted by molar-refractivity contribution is 5.76. The molecule has 0 fully saturated rings. The highest BCUT2D eigenvalue weighted by atomic mass is 16.2. The van der Waals surface area contributed by atoms with Gasteiger partial charge in [0.05, 0.1) is 6.04 Å². The molecule has 2 aliphatic rings. The molecule has 29 heavy (non-hydrogen) atoms. The summed E-state index contributed by atoms with van der Waals surface area (Å²) >= 11 is 0. The van der Waals surface area contributed by atoms with Crippen molar-refractivity contribution < 1.29 is 4.79 Å². The zero-order chi connectivity index (χ0) is 20.4. The van der Waals surface area contributed by atoms with Crippen molar-refractivity contribution in [3.05, 3.63) is 67.5 Å². The van der Waals surface area contributed by atoms with Crippen LogP contribution in [0.1, 0.15) is 60.5 Å². The minimum Gasteiger partial charge on any atom is -0.348 e. The molecule has 7 nitrogen and oxygen atoms in total. The number of nitrogens with one attached hydrogen (secondary N) is 1. The lowest BCUT2D eigenvalue weighted by Crippen LogP contribution is -2.46. The Morgan fingerprint density at radius 1 is 1.14 bits per heavy atom. The number of rotatable bonds is 3. The van der Waals surface area contributed by atoms with Gasteiger partial charge in [-0.05, 0) is 49.7 Å². The first-order valence-electron chi connectivity index (χ1n) is 10.2. The van der Waals surface area contributed by atoms with Crippen LogP contribution in [0.2, 0.25) is 0 Å². The molecule has 0 spiro atoms. The monoisotopic (exact) mass is 392 g/mol. The molecule has 150 valence electrons. The summed E-state index contributed by atoms with van der Waals surface area (Å²) in [6, 6.07) is 9.85. The number of aromatic nitrogens is 2. The third-order valence-corrected chi connectivity index (χ3v) is 5.95. The van der Waals surface area contributed by atoms with Gasteiger partial charge in [0.2, 0.25) is 5.91 Å². The molecule has 1 N–H and O–H groups in total. The van der Waals surface area contributed by atoms with Gasteiger partial charge in [-0.1, -0.05) is 30.7 Å². The van der Waals surface area contributed by atoms with E-state index in [4.69, 9.17) is 0 Å². The van der Waals surface area contributed by atoms with E-state index in [0.717, 1.165) is 48.7 Å². The average Bonchev–Trinajstić information content (AvgIpc) is 2.98. The highest BCUT2D eigenvalue weighted by Gasteiger charge is 2.24. The number of nitriles is 1. The van der Waals surface area contributed by atoms with E-state index >= 15 is 0 Å². The zero-order valence-electron chi connectivity index (χ0n) is 16.3. The lowest BCUT2D eigenvalue weighted by atomic mass is 9.88. The lowest BCUT2D eigenvalue weighted by Gasteiger charge is -2.26. The van der Waals surface area contributed by atoms with Crippen molar-refractivity contribution in [2.24, 2.45) is 0 Å². The van der Waals surface area contributed by atoms with Crippen LogP contribution in [0.5, 0.6) is 0 Å². The lowest BCUT2D eigenvalue weighted by molar-refractivity contribution is -0.122. The van der Waals surface area contributed by atoms with Gasteiger partial charge >= 0.3 is 5.69 Å². The van der Waals surface area contributed by atoms with E-state index in [-0.39, 0.29) is 24.1 Å². The molecule has 1 unspecified atom stereocenters. The number of carbonyl (C=O) groups is 1. The number of hydrogen-bond donors (Lipinski definition) is 1. The van der Waals surface area contributed by atoms with Crippen LogP contribution >= 0.6 is 0 Å². The SMILES string of the molecule is N#Cc1c2n(c(=O)n(CC(=O)NC3CCCc4ccccc43)c1=O)CCCCC2. The second-order valence-electron chi connectivity index (χ2n) is 7.78. The van der Waals surface area contributed by atoms with E-state index in [1.54, 1.807) is 0 Å². The Bertz CT molecular complexity index is 1110. The van der Waals surface area contributed by atoms with Crippen LogP contribution in [-0.4, -0.2) is 15.0 Å². The minimum atomic E-state index is -0.662.